The molecule has 0 aliphatic heterocycles. The molecule has 96 valence electrons. The first-order valence-corrected chi connectivity index (χ1v) is 6.27. The third kappa shape index (κ3) is 4.08. The Morgan fingerprint density at radius 2 is 1.71 bits per heavy atom. The summed E-state index contributed by atoms with van der Waals surface area (Å²) in [4.78, 5) is 0. The van der Waals surface area contributed by atoms with Crippen LogP contribution in [-0.2, 0) is 0 Å². The summed E-state index contributed by atoms with van der Waals surface area (Å²) >= 11 is 0. The second-order valence-corrected chi connectivity index (χ2v) is 4.50. The predicted molar refractivity (Wildman–Crippen MR) is 66.8 cm³/mol. The number of nitrogens with one attached hydrogen (secondary N) is 1. The van der Waals surface area contributed by atoms with Crippen molar-refractivity contribution in [2.24, 2.45) is 5.92 Å². The van der Waals surface area contributed by atoms with E-state index in [1.165, 1.54) is 12.1 Å². The third-order valence-corrected chi connectivity index (χ3v) is 2.98. The highest BCUT2D eigenvalue weighted by atomic mass is 19.1. The van der Waals surface area contributed by atoms with E-state index < -0.39 is 11.6 Å². The monoisotopic (exact) mass is 241 g/mol. The van der Waals surface area contributed by atoms with E-state index in [-0.39, 0.29) is 6.04 Å². The van der Waals surface area contributed by atoms with Crippen molar-refractivity contribution in [3.8, 4) is 0 Å². The molecule has 0 saturated carbocycles. The Morgan fingerprint density at radius 3 is 2.18 bits per heavy atom. The second kappa shape index (κ2) is 6.70. The minimum atomic E-state index is -0.508. The van der Waals surface area contributed by atoms with Gasteiger partial charge in [-0.2, -0.15) is 0 Å². The molecule has 0 fully saturated rings. The van der Waals surface area contributed by atoms with Gasteiger partial charge in [0, 0.05) is 12.1 Å². The molecule has 2 atom stereocenters. The van der Waals surface area contributed by atoms with E-state index in [1.54, 1.807) is 0 Å². The molecule has 0 aliphatic carbocycles. The molecule has 0 aliphatic rings. The van der Waals surface area contributed by atoms with Crippen LogP contribution in [-0.4, -0.2) is 6.54 Å². The van der Waals surface area contributed by atoms with Crippen LogP contribution in [0.1, 0.15) is 45.2 Å². The molecular formula is C14H21F2N. The van der Waals surface area contributed by atoms with Gasteiger partial charge in [-0.25, -0.2) is 8.78 Å². The Morgan fingerprint density at radius 1 is 1.12 bits per heavy atom. The minimum absolute atomic E-state index is 0.0187. The molecule has 0 heterocycles. The molecule has 1 nitrogen and oxygen atoms in total. The van der Waals surface area contributed by atoms with Gasteiger partial charge in [0.1, 0.15) is 11.6 Å². The van der Waals surface area contributed by atoms with Crippen molar-refractivity contribution >= 4 is 0 Å². The zero-order chi connectivity index (χ0) is 12.8. The van der Waals surface area contributed by atoms with E-state index in [1.807, 2.05) is 6.92 Å². The van der Waals surface area contributed by atoms with Gasteiger partial charge >= 0.3 is 0 Å². The van der Waals surface area contributed by atoms with Crippen molar-refractivity contribution in [1.29, 1.82) is 0 Å². The Hall–Kier alpha value is -0.960. The van der Waals surface area contributed by atoms with Crippen molar-refractivity contribution < 1.29 is 8.78 Å². The van der Waals surface area contributed by atoms with Crippen LogP contribution in [0.3, 0.4) is 0 Å². The first-order chi connectivity index (χ1) is 8.08. The molecule has 3 heteroatoms. The normalized spacial score (nSPS) is 14.6. The lowest BCUT2D eigenvalue weighted by molar-refractivity contribution is 0.366. The molecule has 1 aromatic carbocycles. The van der Waals surface area contributed by atoms with Crippen molar-refractivity contribution in [3.05, 3.63) is 35.4 Å². The average molecular weight is 241 g/mol. The summed E-state index contributed by atoms with van der Waals surface area (Å²) in [6.45, 7) is 7.02. The maximum atomic E-state index is 13.2. The van der Waals surface area contributed by atoms with Gasteiger partial charge < -0.3 is 5.32 Å². The van der Waals surface area contributed by atoms with E-state index in [9.17, 15) is 8.78 Å². The van der Waals surface area contributed by atoms with E-state index in [4.69, 9.17) is 0 Å². The number of rotatable bonds is 6. The van der Waals surface area contributed by atoms with Gasteiger partial charge in [-0.15, -0.1) is 0 Å². The van der Waals surface area contributed by atoms with E-state index in [2.05, 4.69) is 19.2 Å². The molecule has 0 amide bonds. The van der Waals surface area contributed by atoms with Gasteiger partial charge in [-0.05, 0) is 36.6 Å². The number of halogens is 2. The number of benzene rings is 1. The predicted octanol–water partition coefficient (Wildman–Crippen LogP) is 4.05. The zero-order valence-electron chi connectivity index (χ0n) is 10.8. The lowest BCUT2D eigenvalue weighted by atomic mass is 9.91. The van der Waals surface area contributed by atoms with Gasteiger partial charge in [-0.3, -0.25) is 0 Å². The standard InChI is InChI=1S/C14H21F2N/c1-4-6-10(3)14(17-5-2)11-7-12(15)9-13(16)8-11/h7-10,14,17H,4-6H2,1-3H3. The van der Waals surface area contributed by atoms with Crippen molar-refractivity contribution in [3.63, 3.8) is 0 Å². The van der Waals surface area contributed by atoms with Gasteiger partial charge in [-0.1, -0.05) is 27.2 Å². The molecule has 0 aromatic heterocycles. The molecule has 2 unspecified atom stereocenters. The Balaban J connectivity index is 2.95. The van der Waals surface area contributed by atoms with Crippen LogP contribution in [0.2, 0.25) is 0 Å². The fraction of sp³-hybridized carbons (Fsp3) is 0.571. The Labute approximate surface area is 102 Å². The average Bonchev–Trinajstić information content (AvgIpc) is 2.24. The van der Waals surface area contributed by atoms with Gasteiger partial charge in [0.25, 0.3) is 0 Å². The van der Waals surface area contributed by atoms with Crippen LogP contribution < -0.4 is 5.32 Å². The molecule has 0 saturated heterocycles. The van der Waals surface area contributed by atoms with Crippen LogP contribution in [0.15, 0.2) is 18.2 Å². The largest absolute Gasteiger partial charge is 0.310 e. The summed E-state index contributed by atoms with van der Waals surface area (Å²) in [6, 6.07) is 3.77. The van der Waals surface area contributed by atoms with Crippen LogP contribution in [0.25, 0.3) is 0 Å². The first kappa shape index (κ1) is 14.1. The van der Waals surface area contributed by atoms with Crippen molar-refractivity contribution in [2.45, 2.75) is 39.7 Å². The highest BCUT2D eigenvalue weighted by molar-refractivity contribution is 5.22. The van der Waals surface area contributed by atoms with E-state index in [0.717, 1.165) is 25.5 Å². The maximum Gasteiger partial charge on any atom is 0.126 e. The van der Waals surface area contributed by atoms with E-state index in [0.29, 0.717) is 11.5 Å². The lowest BCUT2D eigenvalue weighted by Gasteiger charge is -2.25. The quantitative estimate of drug-likeness (QED) is 0.792. The van der Waals surface area contributed by atoms with Crippen molar-refractivity contribution in [2.75, 3.05) is 6.54 Å². The van der Waals surface area contributed by atoms with Gasteiger partial charge in [0.15, 0.2) is 0 Å². The highest BCUT2D eigenvalue weighted by Gasteiger charge is 2.18. The van der Waals surface area contributed by atoms with E-state index >= 15 is 0 Å². The number of hydrogen-bond acceptors (Lipinski definition) is 1. The fourth-order valence-corrected chi connectivity index (χ4v) is 2.24. The summed E-state index contributed by atoms with van der Waals surface area (Å²) in [5, 5.41) is 3.30. The van der Waals surface area contributed by atoms with Crippen LogP contribution >= 0.6 is 0 Å². The third-order valence-electron chi connectivity index (χ3n) is 2.98. The molecular weight excluding hydrogens is 220 g/mol. The smallest absolute Gasteiger partial charge is 0.126 e. The number of hydrogen-bond donors (Lipinski definition) is 1. The summed E-state index contributed by atoms with van der Waals surface area (Å²) in [5.41, 5.74) is 0.699. The van der Waals surface area contributed by atoms with Gasteiger partial charge in [0.2, 0.25) is 0 Å². The molecule has 1 aromatic rings. The summed E-state index contributed by atoms with van der Waals surface area (Å²) in [5.74, 6) is -0.653. The first-order valence-electron chi connectivity index (χ1n) is 6.27. The lowest BCUT2D eigenvalue weighted by Crippen LogP contribution is -2.27. The van der Waals surface area contributed by atoms with Crippen LogP contribution in [0, 0.1) is 17.6 Å². The molecule has 0 bridgehead atoms. The van der Waals surface area contributed by atoms with Crippen LogP contribution in [0.5, 0.6) is 0 Å². The van der Waals surface area contributed by atoms with Crippen LogP contribution in [0.4, 0.5) is 8.78 Å². The molecule has 17 heavy (non-hydrogen) atoms. The summed E-state index contributed by atoms with van der Waals surface area (Å²) < 4.78 is 26.4. The highest BCUT2D eigenvalue weighted by Crippen LogP contribution is 2.26. The molecule has 1 rings (SSSR count). The zero-order valence-corrected chi connectivity index (χ0v) is 10.8. The minimum Gasteiger partial charge on any atom is -0.310 e. The van der Waals surface area contributed by atoms with Gasteiger partial charge in [0.05, 0.1) is 0 Å². The Bertz CT molecular complexity index is 332. The molecule has 0 radical (unpaired) electrons. The van der Waals surface area contributed by atoms with Crippen molar-refractivity contribution in [1.82, 2.24) is 5.32 Å². The SMILES string of the molecule is CCCC(C)C(NCC)c1cc(F)cc(F)c1. The topological polar surface area (TPSA) is 12.0 Å². The summed E-state index contributed by atoms with van der Waals surface area (Å²) in [6.07, 6.45) is 2.11. The second-order valence-electron chi connectivity index (χ2n) is 4.50. The Kier molecular flexibility index (Phi) is 5.56. The summed E-state index contributed by atoms with van der Waals surface area (Å²) in [7, 11) is 0. The maximum absolute atomic E-state index is 13.2. The molecule has 0 spiro atoms. The molecule has 1 N–H and O–H groups in total. The fourth-order valence-electron chi connectivity index (χ4n) is 2.24.